The zero-order chi connectivity index (χ0) is 21.6. The summed E-state index contributed by atoms with van der Waals surface area (Å²) in [4.78, 5) is 22.6. The number of aromatic nitrogens is 2. The van der Waals surface area contributed by atoms with Crippen LogP contribution in [-0.4, -0.2) is 31.7 Å². The minimum Gasteiger partial charge on any atom is -0.473 e. The highest BCUT2D eigenvalue weighted by molar-refractivity contribution is 6.36. The summed E-state index contributed by atoms with van der Waals surface area (Å²) in [6.07, 6.45) is 1.74. The van der Waals surface area contributed by atoms with Crippen LogP contribution in [0.5, 0.6) is 0 Å². The summed E-state index contributed by atoms with van der Waals surface area (Å²) in [6, 6.07) is 11.7. The fourth-order valence-electron chi connectivity index (χ4n) is 2.33. The van der Waals surface area contributed by atoms with Crippen LogP contribution in [0.3, 0.4) is 0 Å². The van der Waals surface area contributed by atoms with Gasteiger partial charge in [-0.15, -0.1) is 0 Å². The number of nitrogens with zero attached hydrogens (tertiary/aromatic N) is 2. The molecular weight excluding hydrogens is 424 g/mol. The Bertz CT molecular complexity index is 991. The van der Waals surface area contributed by atoms with Crippen LogP contribution in [0.25, 0.3) is 11.3 Å². The average Bonchev–Trinajstić information content (AvgIpc) is 3.03. The van der Waals surface area contributed by atoms with E-state index in [1.165, 1.54) is 12.1 Å². The maximum absolute atomic E-state index is 13.0. The number of benzene rings is 2. The predicted molar refractivity (Wildman–Crippen MR) is 108 cm³/mol. The van der Waals surface area contributed by atoms with E-state index in [0.717, 1.165) is 16.8 Å². The molecule has 10 heteroatoms. The van der Waals surface area contributed by atoms with Crippen molar-refractivity contribution in [1.82, 2.24) is 9.55 Å². The number of imidazole rings is 1. The standard InChI is InChI=1S/C17H14Cl2FN3.C2H2O4/c1-23-16(11-5-7-12(20)8-6-11)10-22-17(23)21-9-13-14(18)3-2-4-15(13)19;3-1(4)2(5)6/h2-8,10H,9H2,1H3,(H,21,22);(H,3,4)(H,5,6). The van der Waals surface area contributed by atoms with E-state index in [9.17, 15) is 4.39 Å². The van der Waals surface area contributed by atoms with E-state index < -0.39 is 11.9 Å². The van der Waals surface area contributed by atoms with Gasteiger partial charge in [-0.2, -0.15) is 0 Å². The van der Waals surface area contributed by atoms with Crippen LogP contribution in [0.4, 0.5) is 10.3 Å². The van der Waals surface area contributed by atoms with E-state index >= 15 is 0 Å². The maximum Gasteiger partial charge on any atom is 0.414 e. The number of carboxylic acid groups (broad SMARTS) is 2. The van der Waals surface area contributed by atoms with Crippen molar-refractivity contribution in [3.8, 4) is 11.3 Å². The number of hydrogen-bond acceptors (Lipinski definition) is 4. The molecule has 0 atom stereocenters. The highest BCUT2D eigenvalue weighted by atomic mass is 35.5. The van der Waals surface area contributed by atoms with Crippen molar-refractivity contribution in [2.75, 3.05) is 5.32 Å². The fourth-order valence-corrected chi connectivity index (χ4v) is 2.86. The van der Waals surface area contributed by atoms with E-state index in [1.54, 1.807) is 30.5 Å². The molecule has 0 fully saturated rings. The van der Waals surface area contributed by atoms with Gasteiger partial charge in [0.05, 0.1) is 11.9 Å². The molecule has 3 N–H and O–H groups in total. The van der Waals surface area contributed by atoms with Crippen LogP contribution in [0.15, 0.2) is 48.7 Å². The zero-order valence-corrected chi connectivity index (χ0v) is 16.6. The Balaban J connectivity index is 0.000000438. The van der Waals surface area contributed by atoms with E-state index in [0.29, 0.717) is 22.5 Å². The lowest BCUT2D eigenvalue weighted by Gasteiger charge is -2.10. The molecule has 1 heterocycles. The number of anilines is 1. The first kappa shape index (κ1) is 22.2. The Morgan fingerprint density at radius 2 is 1.62 bits per heavy atom. The predicted octanol–water partition coefficient (Wildman–Crippen LogP) is 4.30. The lowest BCUT2D eigenvalue weighted by molar-refractivity contribution is -0.159. The molecule has 0 radical (unpaired) electrons. The molecule has 29 heavy (non-hydrogen) atoms. The molecule has 0 aliphatic rings. The minimum absolute atomic E-state index is 0.261. The number of carboxylic acids is 2. The van der Waals surface area contributed by atoms with Gasteiger partial charge in [0.25, 0.3) is 0 Å². The van der Waals surface area contributed by atoms with E-state index in [1.807, 2.05) is 17.7 Å². The molecule has 3 rings (SSSR count). The molecular formula is C19H16Cl2FN3O4. The molecule has 0 aliphatic heterocycles. The van der Waals surface area contributed by atoms with Gasteiger partial charge in [0.2, 0.25) is 5.95 Å². The van der Waals surface area contributed by atoms with Crippen molar-refractivity contribution < 1.29 is 24.2 Å². The van der Waals surface area contributed by atoms with Crippen LogP contribution >= 0.6 is 23.2 Å². The Kier molecular flexibility index (Phi) is 7.58. The Labute approximate surface area is 175 Å². The summed E-state index contributed by atoms with van der Waals surface area (Å²) in [5.74, 6) is -3.23. The first-order chi connectivity index (χ1) is 13.7. The number of nitrogens with one attached hydrogen (secondary N) is 1. The smallest absolute Gasteiger partial charge is 0.414 e. The number of aliphatic carboxylic acids is 2. The van der Waals surface area contributed by atoms with Crippen molar-refractivity contribution in [1.29, 1.82) is 0 Å². The third kappa shape index (κ3) is 5.94. The van der Waals surface area contributed by atoms with Crippen LogP contribution in [0, 0.1) is 5.82 Å². The summed E-state index contributed by atoms with van der Waals surface area (Å²) in [5.41, 5.74) is 2.60. The summed E-state index contributed by atoms with van der Waals surface area (Å²) >= 11 is 12.3. The number of rotatable bonds is 4. The Morgan fingerprint density at radius 1 is 1.07 bits per heavy atom. The van der Waals surface area contributed by atoms with Gasteiger partial charge in [0, 0.05) is 34.8 Å². The summed E-state index contributed by atoms with van der Waals surface area (Å²) in [7, 11) is 1.89. The van der Waals surface area contributed by atoms with E-state index in [-0.39, 0.29) is 5.82 Å². The van der Waals surface area contributed by atoms with Gasteiger partial charge >= 0.3 is 11.9 Å². The number of halogens is 3. The second-order valence-corrected chi connectivity index (χ2v) is 6.51. The molecule has 152 valence electrons. The fraction of sp³-hybridized carbons (Fsp3) is 0.105. The van der Waals surface area contributed by atoms with Gasteiger partial charge in [-0.3, -0.25) is 0 Å². The van der Waals surface area contributed by atoms with Gasteiger partial charge in [-0.25, -0.2) is 19.0 Å². The van der Waals surface area contributed by atoms with Crippen LogP contribution in [-0.2, 0) is 23.2 Å². The molecule has 0 spiro atoms. The number of hydrogen-bond donors (Lipinski definition) is 3. The Morgan fingerprint density at radius 3 is 2.14 bits per heavy atom. The summed E-state index contributed by atoms with van der Waals surface area (Å²) in [6.45, 7) is 0.465. The van der Waals surface area contributed by atoms with E-state index in [2.05, 4.69) is 10.3 Å². The third-order valence-electron chi connectivity index (χ3n) is 3.80. The van der Waals surface area contributed by atoms with Gasteiger partial charge in [-0.05, 0) is 36.4 Å². The van der Waals surface area contributed by atoms with Gasteiger partial charge in [0.1, 0.15) is 5.82 Å². The van der Waals surface area contributed by atoms with E-state index in [4.69, 9.17) is 43.0 Å². The van der Waals surface area contributed by atoms with Crippen molar-refractivity contribution >= 4 is 41.1 Å². The van der Waals surface area contributed by atoms with Crippen molar-refractivity contribution in [2.45, 2.75) is 6.54 Å². The molecule has 3 aromatic rings. The molecule has 0 saturated carbocycles. The van der Waals surface area contributed by atoms with Crippen LogP contribution < -0.4 is 5.32 Å². The lowest BCUT2D eigenvalue weighted by atomic mass is 10.2. The summed E-state index contributed by atoms with van der Waals surface area (Å²) < 4.78 is 14.9. The lowest BCUT2D eigenvalue weighted by Crippen LogP contribution is -2.09. The highest BCUT2D eigenvalue weighted by Gasteiger charge is 2.10. The van der Waals surface area contributed by atoms with Crippen molar-refractivity contribution in [3.63, 3.8) is 0 Å². The minimum atomic E-state index is -1.82. The van der Waals surface area contributed by atoms with Crippen molar-refractivity contribution in [2.24, 2.45) is 7.05 Å². The monoisotopic (exact) mass is 439 g/mol. The normalized spacial score (nSPS) is 10.1. The largest absolute Gasteiger partial charge is 0.473 e. The molecule has 0 bridgehead atoms. The molecule has 2 aromatic carbocycles. The highest BCUT2D eigenvalue weighted by Crippen LogP contribution is 2.26. The van der Waals surface area contributed by atoms with Crippen LogP contribution in [0.2, 0.25) is 10.0 Å². The van der Waals surface area contributed by atoms with Gasteiger partial charge < -0.3 is 20.1 Å². The Hall–Kier alpha value is -3.10. The second-order valence-electron chi connectivity index (χ2n) is 5.70. The maximum atomic E-state index is 13.0. The second kappa shape index (κ2) is 9.90. The third-order valence-corrected chi connectivity index (χ3v) is 4.50. The van der Waals surface area contributed by atoms with Gasteiger partial charge in [0.15, 0.2) is 0 Å². The summed E-state index contributed by atoms with van der Waals surface area (Å²) in [5, 5.41) is 19.2. The SMILES string of the molecule is Cn1c(-c2ccc(F)cc2)cnc1NCc1c(Cl)cccc1Cl.O=C(O)C(=O)O. The van der Waals surface area contributed by atoms with Gasteiger partial charge in [-0.1, -0.05) is 29.3 Å². The first-order valence-corrected chi connectivity index (χ1v) is 8.87. The number of carbonyl (C=O) groups is 2. The zero-order valence-electron chi connectivity index (χ0n) is 15.1. The molecule has 0 saturated heterocycles. The average molecular weight is 440 g/mol. The molecule has 0 unspecified atom stereocenters. The van der Waals surface area contributed by atoms with Crippen molar-refractivity contribution in [3.05, 3.63) is 70.1 Å². The van der Waals surface area contributed by atoms with Crippen LogP contribution in [0.1, 0.15) is 5.56 Å². The molecule has 1 aromatic heterocycles. The topological polar surface area (TPSA) is 104 Å². The first-order valence-electron chi connectivity index (χ1n) is 8.11. The molecule has 0 amide bonds. The molecule has 0 aliphatic carbocycles. The quantitative estimate of drug-likeness (QED) is 0.523. The molecule has 7 nitrogen and oxygen atoms in total.